The van der Waals surface area contributed by atoms with Gasteiger partial charge in [0.1, 0.15) is 0 Å². The zero-order valence-corrected chi connectivity index (χ0v) is 10.6. The third-order valence-corrected chi connectivity index (χ3v) is 3.37. The molecule has 1 N–H and O–H groups in total. The summed E-state index contributed by atoms with van der Waals surface area (Å²) in [5.41, 5.74) is 0.548. The van der Waals surface area contributed by atoms with E-state index in [9.17, 15) is 4.79 Å². The van der Waals surface area contributed by atoms with Crippen LogP contribution in [0.3, 0.4) is 0 Å². The number of halogens is 1. The summed E-state index contributed by atoms with van der Waals surface area (Å²) in [6, 6.07) is 1.68. The van der Waals surface area contributed by atoms with Gasteiger partial charge in [-0.2, -0.15) is 0 Å². The first-order valence-electron chi connectivity index (χ1n) is 5.75. The highest BCUT2D eigenvalue weighted by molar-refractivity contribution is 6.33. The van der Waals surface area contributed by atoms with E-state index in [1.165, 1.54) is 6.20 Å². The summed E-state index contributed by atoms with van der Waals surface area (Å²) in [5, 5.41) is 3.57. The highest BCUT2D eigenvalue weighted by Crippen LogP contribution is 2.21. The number of carbonyl (C=O) groups is 1. The summed E-state index contributed by atoms with van der Waals surface area (Å²) in [6.45, 7) is 2.57. The van der Waals surface area contributed by atoms with Gasteiger partial charge in [0.2, 0.25) is 0 Å². The molecule has 0 bridgehead atoms. The van der Waals surface area contributed by atoms with Crippen molar-refractivity contribution in [2.45, 2.75) is 6.42 Å². The van der Waals surface area contributed by atoms with Crippen molar-refractivity contribution >= 4 is 17.5 Å². The number of aromatic nitrogens is 1. The van der Waals surface area contributed by atoms with Gasteiger partial charge in [0.25, 0.3) is 5.91 Å². The van der Waals surface area contributed by atoms with E-state index >= 15 is 0 Å². The lowest BCUT2D eigenvalue weighted by Gasteiger charge is -2.17. The molecule has 0 spiro atoms. The Morgan fingerprint density at radius 1 is 1.71 bits per heavy atom. The van der Waals surface area contributed by atoms with Crippen molar-refractivity contribution in [3.05, 3.63) is 29.0 Å². The van der Waals surface area contributed by atoms with Crippen LogP contribution in [0.5, 0.6) is 0 Å². The fraction of sp³-hybridized carbons (Fsp3) is 0.500. The smallest absolute Gasteiger partial charge is 0.255 e. The van der Waals surface area contributed by atoms with Crippen molar-refractivity contribution in [1.82, 2.24) is 15.2 Å². The zero-order valence-electron chi connectivity index (χ0n) is 9.82. The van der Waals surface area contributed by atoms with Crippen LogP contribution in [-0.4, -0.2) is 42.5 Å². The molecule has 1 unspecified atom stereocenters. The minimum atomic E-state index is 0.0102. The minimum absolute atomic E-state index is 0.0102. The summed E-state index contributed by atoms with van der Waals surface area (Å²) in [4.78, 5) is 18.0. The summed E-state index contributed by atoms with van der Waals surface area (Å²) < 4.78 is 0. The molecule has 5 heteroatoms. The standard InChI is InChI=1S/C12H16ClN3O/c1-14-6-9-3-5-16(8-9)12(17)10-2-4-15-7-11(10)13/h2,4,7,9,14H,3,5-6,8H2,1H3. The molecule has 92 valence electrons. The lowest BCUT2D eigenvalue weighted by Crippen LogP contribution is -2.30. The van der Waals surface area contributed by atoms with E-state index in [2.05, 4.69) is 10.3 Å². The zero-order chi connectivity index (χ0) is 12.3. The number of hydrogen-bond donors (Lipinski definition) is 1. The highest BCUT2D eigenvalue weighted by Gasteiger charge is 2.27. The normalized spacial score (nSPS) is 19.6. The summed E-state index contributed by atoms with van der Waals surface area (Å²) in [6.07, 6.45) is 4.16. The molecule has 1 aromatic rings. The largest absolute Gasteiger partial charge is 0.338 e. The van der Waals surface area contributed by atoms with E-state index in [1.54, 1.807) is 12.3 Å². The van der Waals surface area contributed by atoms with Crippen LogP contribution in [0.2, 0.25) is 5.02 Å². The number of rotatable bonds is 3. The predicted molar refractivity (Wildman–Crippen MR) is 67.2 cm³/mol. The molecular weight excluding hydrogens is 238 g/mol. The molecule has 2 heterocycles. The number of nitrogens with one attached hydrogen (secondary N) is 1. The van der Waals surface area contributed by atoms with Gasteiger partial charge in [0.05, 0.1) is 10.6 Å². The maximum atomic E-state index is 12.2. The molecule has 0 aromatic carbocycles. The van der Waals surface area contributed by atoms with Gasteiger partial charge in [-0.1, -0.05) is 11.6 Å². The third kappa shape index (κ3) is 2.76. The highest BCUT2D eigenvalue weighted by atomic mass is 35.5. The lowest BCUT2D eigenvalue weighted by atomic mass is 10.1. The molecule has 1 saturated heterocycles. The molecule has 4 nitrogen and oxygen atoms in total. The van der Waals surface area contributed by atoms with E-state index in [0.717, 1.165) is 26.1 Å². The van der Waals surface area contributed by atoms with Crippen molar-refractivity contribution in [3.8, 4) is 0 Å². The van der Waals surface area contributed by atoms with Crippen LogP contribution < -0.4 is 5.32 Å². The predicted octanol–water partition coefficient (Wildman–Crippen LogP) is 1.42. The first kappa shape index (κ1) is 12.3. The average Bonchev–Trinajstić information content (AvgIpc) is 2.78. The van der Waals surface area contributed by atoms with Crippen LogP contribution in [-0.2, 0) is 0 Å². The summed E-state index contributed by atoms with van der Waals surface area (Å²) in [5.74, 6) is 0.556. The molecule has 2 rings (SSSR count). The second-order valence-corrected chi connectivity index (χ2v) is 4.73. The monoisotopic (exact) mass is 253 g/mol. The Kier molecular flexibility index (Phi) is 3.97. The van der Waals surface area contributed by atoms with Gasteiger partial charge in [-0.05, 0) is 32.0 Å². The van der Waals surface area contributed by atoms with Crippen LogP contribution in [0.15, 0.2) is 18.5 Å². The molecular formula is C12H16ClN3O. The Balaban J connectivity index is 2.05. The van der Waals surface area contributed by atoms with E-state index < -0.39 is 0 Å². The van der Waals surface area contributed by atoms with E-state index in [1.807, 2.05) is 11.9 Å². The van der Waals surface area contributed by atoms with Crippen LogP contribution in [0.4, 0.5) is 0 Å². The Hall–Kier alpha value is -1.13. The van der Waals surface area contributed by atoms with E-state index in [-0.39, 0.29) is 5.91 Å². The molecule has 0 radical (unpaired) electrons. The van der Waals surface area contributed by atoms with E-state index in [4.69, 9.17) is 11.6 Å². The molecule has 1 aliphatic heterocycles. The van der Waals surface area contributed by atoms with Gasteiger partial charge < -0.3 is 10.2 Å². The molecule has 0 aliphatic carbocycles. The summed E-state index contributed by atoms with van der Waals surface area (Å²) in [7, 11) is 1.93. The molecule has 17 heavy (non-hydrogen) atoms. The van der Waals surface area contributed by atoms with Crippen LogP contribution in [0.25, 0.3) is 0 Å². The average molecular weight is 254 g/mol. The number of hydrogen-bond acceptors (Lipinski definition) is 3. The number of carbonyl (C=O) groups excluding carboxylic acids is 1. The Morgan fingerprint density at radius 2 is 2.53 bits per heavy atom. The van der Waals surface area contributed by atoms with Gasteiger partial charge >= 0.3 is 0 Å². The first-order chi connectivity index (χ1) is 8.22. The Labute approximate surface area is 106 Å². The molecule has 1 fully saturated rings. The van der Waals surface area contributed by atoms with Crippen LogP contribution >= 0.6 is 11.6 Å². The van der Waals surface area contributed by atoms with Crippen molar-refractivity contribution in [3.63, 3.8) is 0 Å². The SMILES string of the molecule is CNCC1CCN(C(=O)c2ccncc2Cl)C1. The second kappa shape index (κ2) is 5.47. The third-order valence-electron chi connectivity index (χ3n) is 3.07. The quantitative estimate of drug-likeness (QED) is 0.886. The fourth-order valence-corrected chi connectivity index (χ4v) is 2.39. The summed E-state index contributed by atoms with van der Waals surface area (Å²) >= 11 is 5.97. The molecule has 1 amide bonds. The van der Waals surface area contributed by atoms with Crippen LogP contribution in [0.1, 0.15) is 16.8 Å². The van der Waals surface area contributed by atoms with Crippen molar-refractivity contribution < 1.29 is 4.79 Å². The van der Waals surface area contributed by atoms with Gasteiger partial charge in [-0.3, -0.25) is 9.78 Å². The van der Waals surface area contributed by atoms with Gasteiger partial charge in [0, 0.05) is 25.5 Å². The van der Waals surface area contributed by atoms with Crippen molar-refractivity contribution in [2.75, 3.05) is 26.7 Å². The lowest BCUT2D eigenvalue weighted by molar-refractivity contribution is 0.0787. The molecule has 1 aliphatic rings. The Bertz CT molecular complexity index is 410. The van der Waals surface area contributed by atoms with Crippen molar-refractivity contribution in [1.29, 1.82) is 0 Å². The second-order valence-electron chi connectivity index (χ2n) is 4.32. The maximum Gasteiger partial charge on any atom is 0.255 e. The first-order valence-corrected chi connectivity index (χ1v) is 6.13. The van der Waals surface area contributed by atoms with Crippen molar-refractivity contribution in [2.24, 2.45) is 5.92 Å². The van der Waals surface area contributed by atoms with Crippen LogP contribution in [0, 0.1) is 5.92 Å². The number of nitrogens with zero attached hydrogens (tertiary/aromatic N) is 2. The van der Waals surface area contributed by atoms with Gasteiger partial charge in [-0.15, -0.1) is 0 Å². The van der Waals surface area contributed by atoms with E-state index in [0.29, 0.717) is 16.5 Å². The molecule has 0 saturated carbocycles. The van der Waals surface area contributed by atoms with Gasteiger partial charge in [-0.25, -0.2) is 0 Å². The minimum Gasteiger partial charge on any atom is -0.338 e. The molecule has 1 atom stereocenters. The topological polar surface area (TPSA) is 45.2 Å². The maximum absolute atomic E-state index is 12.2. The Morgan fingerprint density at radius 3 is 3.24 bits per heavy atom. The fourth-order valence-electron chi connectivity index (χ4n) is 2.19. The van der Waals surface area contributed by atoms with Gasteiger partial charge in [0.15, 0.2) is 0 Å². The number of likely N-dealkylation sites (tertiary alicyclic amines) is 1. The number of pyridine rings is 1. The number of amides is 1. The molecule has 1 aromatic heterocycles.